The molecule has 1 N–H and O–H groups in total. The van der Waals surface area contributed by atoms with Gasteiger partial charge in [0.25, 0.3) is 0 Å². The molecule has 0 spiro atoms. The third kappa shape index (κ3) is 4.84. The highest BCUT2D eigenvalue weighted by atomic mass is 35.5. The number of nitrogens with zero attached hydrogens (tertiary/aromatic N) is 5. The predicted molar refractivity (Wildman–Crippen MR) is 124 cm³/mol. The first-order valence-corrected chi connectivity index (χ1v) is 11.3. The molecule has 9 nitrogen and oxygen atoms in total. The molecule has 182 valence electrons. The number of benzene rings is 1. The van der Waals surface area contributed by atoms with Crippen LogP contribution in [0.2, 0.25) is 5.28 Å². The number of hydrogen-bond donors (Lipinski definition) is 1. The lowest BCUT2D eigenvalue weighted by atomic mass is 10.0. The van der Waals surface area contributed by atoms with Crippen LogP contribution in [-0.2, 0) is 16.0 Å². The maximum absolute atomic E-state index is 15.0. The first-order chi connectivity index (χ1) is 16.1. The van der Waals surface area contributed by atoms with Gasteiger partial charge in [-0.1, -0.05) is 37.3 Å². The zero-order valence-corrected chi connectivity index (χ0v) is 20.1. The molecule has 1 aliphatic rings. The van der Waals surface area contributed by atoms with Crippen LogP contribution in [0, 0.1) is 5.92 Å². The van der Waals surface area contributed by atoms with Gasteiger partial charge in [0.2, 0.25) is 5.28 Å². The normalized spacial score (nSPS) is 22.8. The largest absolute Gasteiger partial charge is 0.443 e. The van der Waals surface area contributed by atoms with Crippen LogP contribution >= 0.6 is 11.6 Å². The molecule has 4 rings (SSSR count). The number of fused-ring (bicyclic) bond motifs is 1. The van der Waals surface area contributed by atoms with Gasteiger partial charge in [0, 0.05) is 5.92 Å². The standard InChI is InChI=1S/C23H27ClFN5O4/c1-13-15(11-31)33-20(16(13)25)30-12-26-17-18(27-21(24)28-19(17)30)29(22(32)34-23(2,3)4)10-14-8-6-5-7-9-14/h5-9,12-13,15-16,20,31H,10-11H2,1-4H3/t13-,15-,16+,20-/m1/s1. The molecule has 0 unspecified atom stereocenters. The molecule has 0 radical (unpaired) electrons. The SMILES string of the molecule is C[C@H]1[C@H](F)[C@H](n2cnc3c(N(Cc4ccccc4)C(=O)OC(C)(C)C)nc(Cl)nc32)O[C@@H]1CO. The number of anilines is 1. The Bertz CT molecular complexity index is 1170. The average molecular weight is 492 g/mol. The summed E-state index contributed by atoms with van der Waals surface area (Å²) in [5.74, 6) is -0.396. The molecule has 2 aromatic heterocycles. The number of ether oxygens (including phenoxy) is 2. The van der Waals surface area contributed by atoms with Crippen molar-refractivity contribution in [1.82, 2.24) is 19.5 Å². The molecule has 1 fully saturated rings. The fourth-order valence-electron chi connectivity index (χ4n) is 3.83. The van der Waals surface area contributed by atoms with E-state index in [-0.39, 0.29) is 35.4 Å². The van der Waals surface area contributed by atoms with E-state index in [0.717, 1.165) is 5.56 Å². The molecule has 1 amide bonds. The van der Waals surface area contributed by atoms with E-state index in [9.17, 15) is 9.90 Å². The van der Waals surface area contributed by atoms with Crippen molar-refractivity contribution in [3.8, 4) is 0 Å². The van der Waals surface area contributed by atoms with Crippen molar-refractivity contribution in [3.63, 3.8) is 0 Å². The van der Waals surface area contributed by atoms with Crippen LogP contribution in [0.15, 0.2) is 36.7 Å². The molecule has 11 heteroatoms. The Labute approximate surface area is 201 Å². The van der Waals surface area contributed by atoms with Gasteiger partial charge < -0.3 is 14.6 Å². The fourth-order valence-corrected chi connectivity index (χ4v) is 3.99. The second kappa shape index (κ2) is 9.44. The zero-order valence-electron chi connectivity index (χ0n) is 19.4. The molecule has 1 aromatic carbocycles. The summed E-state index contributed by atoms with van der Waals surface area (Å²) >= 11 is 6.25. The number of hydrogen-bond acceptors (Lipinski definition) is 7. The third-order valence-corrected chi connectivity index (χ3v) is 5.73. The van der Waals surface area contributed by atoms with E-state index in [1.807, 2.05) is 30.3 Å². The van der Waals surface area contributed by atoms with E-state index in [0.29, 0.717) is 0 Å². The number of aliphatic hydroxyl groups excluding tert-OH is 1. The molecular formula is C23H27ClFN5O4. The van der Waals surface area contributed by atoms with Gasteiger partial charge in [-0.2, -0.15) is 9.97 Å². The van der Waals surface area contributed by atoms with Gasteiger partial charge in [-0.25, -0.2) is 14.2 Å². The summed E-state index contributed by atoms with van der Waals surface area (Å²) in [6.45, 7) is 6.79. The van der Waals surface area contributed by atoms with Gasteiger partial charge in [0.1, 0.15) is 5.60 Å². The van der Waals surface area contributed by atoms with Crippen LogP contribution < -0.4 is 4.90 Å². The van der Waals surface area contributed by atoms with Crippen molar-refractivity contribution < 1.29 is 23.8 Å². The van der Waals surface area contributed by atoms with E-state index >= 15 is 4.39 Å². The highest BCUT2D eigenvalue weighted by molar-refractivity contribution is 6.28. The highest BCUT2D eigenvalue weighted by Gasteiger charge is 2.44. The second-order valence-corrected chi connectivity index (χ2v) is 9.58. The molecule has 3 heterocycles. The first-order valence-electron chi connectivity index (χ1n) is 10.9. The van der Waals surface area contributed by atoms with Crippen molar-refractivity contribution in [2.24, 2.45) is 5.92 Å². The Kier molecular flexibility index (Phi) is 6.75. The quantitative estimate of drug-likeness (QED) is 0.531. The molecule has 0 bridgehead atoms. The van der Waals surface area contributed by atoms with Gasteiger partial charge in [-0.15, -0.1) is 0 Å². The fraction of sp³-hybridized carbons (Fsp3) is 0.478. The zero-order chi connectivity index (χ0) is 24.6. The second-order valence-electron chi connectivity index (χ2n) is 9.24. The van der Waals surface area contributed by atoms with E-state index in [1.54, 1.807) is 27.7 Å². The first kappa shape index (κ1) is 24.3. The van der Waals surface area contributed by atoms with Crippen molar-refractivity contribution in [3.05, 3.63) is 47.5 Å². The molecule has 1 saturated heterocycles. The summed E-state index contributed by atoms with van der Waals surface area (Å²) < 4.78 is 27.8. The van der Waals surface area contributed by atoms with Crippen LogP contribution in [-0.4, -0.2) is 55.2 Å². The minimum absolute atomic E-state index is 0.131. The molecule has 0 saturated carbocycles. The Morgan fingerprint density at radius 2 is 2.00 bits per heavy atom. The number of rotatable bonds is 5. The van der Waals surface area contributed by atoms with Gasteiger partial charge in [0.05, 0.1) is 25.6 Å². The Morgan fingerprint density at radius 3 is 2.62 bits per heavy atom. The summed E-state index contributed by atoms with van der Waals surface area (Å²) in [4.78, 5) is 27.4. The maximum Gasteiger partial charge on any atom is 0.416 e. The Hall–Kier alpha value is -2.82. The smallest absolute Gasteiger partial charge is 0.416 e. The van der Waals surface area contributed by atoms with Crippen LogP contribution in [0.25, 0.3) is 11.2 Å². The van der Waals surface area contributed by atoms with E-state index in [4.69, 9.17) is 21.1 Å². The van der Waals surface area contributed by atoms with Gasteiger partial charge >= 0.3 is 6.09 Å². The topological polar surface area (TPSA) is 103 Å². The van der Waals surface area contributed by atoms with E-state index in [1.165, 1.54) is 15.8 Å². The van der Waals surface area contributed by atoms with E-state index < -0.39 is 36.1 Å². The monoisotopic (exact) mass is 491 g/mol. The summed E-state index contributed by atoms with van der Waals surface area (Å²) in [6, 6.07) is 9.33. The number of aromatic nitrogens is 4. The number of amides is 1. The van der Waals surface area contributed by atoms with Gasteiger partial charge in [-0.3, -0.25) is 9.47 Å². The summed E-state index contributed by atoms with van der Waals surface area (Å²) in [6.07, 6.45) is -2.39. The lowest BCUT2D eigenvalue weighted by molar-refractivity contribution is -0.0378. The molecule has 3 aromatic rings. The number of carbonyl (C=O) groups is 1. The van der Waals surface area contributed by atoms with Crippen LogP contribution in [0.5, 0.6) is 0 Å². The maximum atomic E-state index is 15.0. The van der Waals surface area contributed by atoms with Gasteiger partial charge in [-0.05, 0) is 37.9 Å². The van der Waals surface area contributed by atoms with Crippen LogP contribution in [0.1, 0.15) is 39.5 Å². The third-order valence-electron chi connectivity index (χ3n) is 5.56. The van der Waals surface area contributed by atoms with Crippen molar-refractivity contribution in [2.75, 3.05) is 11.5 Å². The lowest BCUT2D eigenvalue weighted by Gasteiger charge is -2.27. The molecule has 0 aliphatic carbocycles. The molecule has 4 atom stereocenters. The van der Waals surface area contributed by atoms with Crippen LogP contribution in [0.4, 0.5) is 15.0 Å². The Balaban J connectivity index is 1.80. The van der Waals surface area contributed by atoms with Gasteiger partial charge in [0.15, 0.2) is 29.4 Å². The van der Waals surface area contributed by atoms with Crippen molar-refractivity contribution in [2.45, 2.75) is 58.3 Å². The molecule has 1 aliphatic heterocycles. The van der Waals surface area contributed by atoms with Crippen molar-refractivity contribution >= 4 is 34.7 Å². The molecular weight excluding hydrogens is 465 g/mol. The number of carbonyl (C=O) groups excluding carboxylic acids is 1. The number of halogens is 2. The summed E-state index contributed by atoms with van der Waals surface area (Å²) in [5.41, 5.74) is 0.519. The van der Waals surface area contributed by atoms with Crippen molar-refractivity contribution in [1.29, 1.82) is 0 Å². The predicted octanol–water partition coefficient (Wildman–Crippen LogP) is 4.29. The number of imidazole rings is 1. The number of alkyl halides is 1. The highest BCUT2D eigenvalue weighted by Crippen LogP contribution is 2.38. The molecule has 34 heavy (non-hydrogen) atoms. The summed E-state index contributed by atoms with van der Waals surface area (Å²) in [7, 11) is 0. The minimum atomic E-state index is -1.40. The van der Waals surface area contributed by atoms with Crippen LogP contribution in [0.3, 0.4) is 0 Å². The van der Waals surface area contributed by atoms with E-state index in [2.05, 4.69) is 15.0 Å². The average Bonchev–Trinajstić information content (AvgIpc) is 3.31. The summed E-state index contributed by atoms with van der Waals surface area (Å²) in [5, 5.41) is 9.37. The minimum Gasteiger partial charge on any atom is -0.443 e. The lowest BCUT2D eigenvalue weighted by Crippen LogP contribution is -2.37. The Morgan fingerprint density at radius 1 is 1.29 bits per heavy atom. The number of aliphatic hydroxyl groups is 1.